The van der Waals surface area contributed by atoms with Gasteiger partial charge in [-0.1, -0.05) is 29.3 Å². The van der Waals surface area contributed by atoms with Crippen molar-refractivity contribution in [3.8, 4) is 0 Å². The van der Waals surface area contributed by atoms with Gasteiger partial charge < -0.3 is 33.1 Å². The molecule has 0 spiro atoms. The molecule has 1 aliphatic carbocycles. The first-order chi connectivity index (χ1) is 30.2. The first-order valence-corrected chi connectivity index (χ1v) is 21.3. The number of hydrogen-bond acceptors (Lipinski definition) is 10. The Balaban J connectivity index is 0.000000185. The third-order valence-corrected chi connectivity index (χ3v) is 11.3. The summed E-state index contributed by atoms with van der Waals surface area (Å²) in [5.41, 5.74) is 7.82. The smallest absolute Gasteiger partial charge is 0.410 e. The van der Waals surface area contributed by atoms with Gasteiger partial charge in [-0.25, -0.2) is 19.4 Å². The number of hydrogen-bond donors (Lipinski definition) is 0. The number of Topliss-reactive ketones (excluding diaryl/α,β-unsaturated/α-hetero) is 3. The van der Waals surface area contributed by atoms with E-state index in [1.165, 1.54) is 7.11 Å². The molecule has 6 aromatic rings. The first-order valence-electron chi connectivity index (χ1n) is 21.3. The second kappa shape index (κ2) is 16.3. The largest absolute Gasteiger partial charge is 0.463 e. The van der Waals surface area contributed by atoms with Gasteiger partial charge in [-0.15, -0.1) is 0 Å². The Morgan fingerprint density at radius 3 is 1.81 bits per heavy atom. The van der Waals surface area contributed by atoms with Crippen LogP contribution in [-0.4, -0.2) is 95.2 Å². The van der Waals surface area contributed by atoms with Crippen LogP contribution in [0.3, 0.4) is 0 Å². The van der Waals surface area contributed by atoms with Gasteiger partial charge in [-0.05, 0) is 90.8 Å². The third-order valence-electron chi connectivity index (χ3n) is 11.3. The lowest BCUT2D eigenvalue weighted by Gasteiger charge is -2.26. The summed E-state index contributed by atoms with van der Waals surface area (Å²) in [5, 5.41) is 1.61. The average Bonchev–Trinajstić information content (AvgIpc) is 3.90. The number of amides is 2. The zero-order chi connectivity index (χ0) is 46.0. The number of nitrogens with zero attached hydrogens (tertiary/aromatic N) is 6. The van der Waals surface area contributed by atoms with Crippen LogP contribution < -0.4 is 0 Å². The summed E-state index contributed by atoms with van der Waals surface area (Å²) in [6.45, 7) is 17.7. The van der Waals surface area contributed by atoms with Crippen LogP contribution in [0.4, 0.5) is 9.59 Å². The van der Waals surface area contributed by atoms with Gasteiger partial charge >= 0.3 is 18.2 Å². The summed E-state index contributed by atoms with van der Waals surface area (Å²) in [5.74, 6) is -1.92. The predicted octanol–water partition coefficient (Wildman–Crippen LogP) is 7.86. The predicted molar refractivity (Wildman–Crippen MR) is 240 cm³/mol. The van der Waals surface area contributed by atoms with E-state index in [0.29, 0.717) is 72.7 Å². The molecule has 332 valence electrons. The Morgan fingerprint density at radius 1 is 0.688 bits per heavy atom. The maximum atomic E-state index is 13.3. The lowest BCUT2D eigenvalue weighted by molar-refractivity contribution is -0.135. The zero-order valence-corrected chi connectivity index (χ0v) is 37.7. The van der Waals surface area contributed by atoms with E-state index in [0.717, 1.165) is 44.2 Å². The maximum absolute atomic E-state index is 13.3. The molecule has 4 aromatic heterocycles. The number of aromatic nitrogens is 4. The molecule has 0 unspecified atom stereocenters. The van der Waals surface area contributed by atoms with Crippen molar-refractivity contribution < 1.29 is 43.0 Å². The van der Waals surface area contributed by atoms with Crippen molar-refractivity contribution in [1.82, 2.24) is 28.3 Å². The molecule has 2 aromatic carbocycles. The average molecular weight is 869 g/mol. The summed E-state index contributed by atoms with van der Waals surface area (Å²) in [6.07, 6.45) is 6.29. The monoisotopic (exact) mass is 868 g/mol. The van der Waals surface area contributed by atoms with E-state index in [1.807, 2.05) is 107 Å². The highest BCUT2D eigenvalue weighted by Crippen LogP contribution is 2.41. The number of carbonyl (C=O) groups excluding carboxylic acids is 6. The minimum absolute atomic E-state index is 0.150. The number of benzene rings is 2. The Labute approximate surface area is 370 Å². The number of rotatable bonds is 4. The number of carbonyl (C=O) groups is 6. The summed E-state index contributed by atoms with van der Waals surface area (Å²) in [6, 6.07) is 13.6. The minimum atomic E-state index is -0.885. The van der Waals surface area contributed by atoms with Crippen molar-refractivity contribution >= 4 is 74.1 Å². The van der Waals surface area contributed by atoms with Crippen LogP contribution in [0.25, 0.3) is 38.6 Å². The Bertz CT molecular complexity index is 2990. The quantitative estimate of drug-likeness (QED) is 0.0560. The molecule has 0 fully saturated rings. The standard InChI is InChI=1S/C29H28N4O4.C20H24N2O5/c1-17-11-18-15-32(28(36)37-29(2,3)4)10-9-31-16-20(19(12-17)27(18)31)25-22(34)13-23(35)26(25)21-14-30-24-7-5-6-8-33(21)24;1-12-8-13-10-22(19(25)27-20(2,3)4)7-6-21-11-15(14(9-12)16(13)21)17(23)18(24)26-5/h5-8,11-12,14,16H,9-10,13,15H2,1-4H3;8-9,11H,6-7,10H2,1-5H3. The van der Waals surface area contributed by atoms with E-state index in [2.05, 4.69) is 26.4 Å². The molecule has 9 rings (SSSR count). The fourth-order valence-electron chi connectivity index (χ4n) is 8.82. The van der Waals surface area contributed by atoms with Gasteiger partial charge in [0, 0.05) is 66.7 Å². The van der Waals surface area contributed by atoms with Crippen molar-refractivity contribution in [1.29, 1.82) is 0 Å². The summed E-state index contributed by atoms with van der Waals surface area (Å²) in [7, 11) is 1.19. The fraction of sp³-hybridized carbons (Fsp3) is 0.367. The highest BCUT2D eigenvalue weighted by Gasteiger charge is 2.37. The number of aryl methyl sites for hydroxylation is 2. The van der Waals surface area contributed by atoms with Crippen LogP contribution in [0.15, 0.2) is 67.3 Å². The summed E-state index contributed by atoms with van der Waals surface area (Å²) >= 11 is 0. The van der Waals surface area contributed by atoms with Crippen LogP contribution in [0.1, 0.15) is 91.8 Å². The van der Waals surface area contributed by atoms with Gasteiger partial charge in [0.05, 0.1) is 60.7 Å². The van der Waals surface area contributed by atoms with Crippen LogP contribution in [-0.2, 0) is 54.8 Å². The van der Waals surface area contributed by atoms with E-state index in [4.69, 9.17) is 9.47 Å². The number of ketones is 3. The Kier molecular flexibility index (Phi) is 11.1. The minimum Gasteiger partial charge on any atom is -0.463 e. The second-order valence-corrected chi connectivity index (χ2v) is 18.6. The van der Waals surface area contributed by atoms with Crippen LogP contribution in [0, 0.1) is 13.8 Å². The van der Waals surface area contributed by atoms with Gasteiger partial charge in [0.2, 0.25) is 0 Å². The second-order valence-electron chi connectivity index (χ2n) is 18.6. The SMILES string of the molecule is COC(=O)C(=O)c1cn2c3c(cc(C)cc13)CN(C(=O)OC(C)(C)C)CC2.Cc1cc2c3c(c1)c(C1=C(c4cnc5ccccn45)C(=O)CC1=O)cn3CCN(C(=O)OC(C)(C)C)C2. The number of ether oxygens (including phenoxy) is 3. The van der Waals surface area contributed by atoms with Crippen molar-refractivity contribution in [3.05, 3.63) is 106 Å². The normalized spacial score (nSPS) is 15.3. The zero-order valence-electron chi connectivity index (χ0n) is 37.7. The molecule has 6 heterocycles. The number of esters is 1. The van der Waals surface area contributed by atoms with E-state index >= 15 is 0 Å². The Morgan fingerprint density at radius 2 is 1.23 bits per heavy atom. The van der Waals surface area contributed by atoms with Gasteiger partial charge in [-0.3, -0.25) is 18.8 Å². The van der Waals surface area contributed by atoms with E-state index in [9.17, 15) is 28.8 Å². The molecule has 15 nitrogen and oxygen atoms in total. The van der Waals surface area contributed by atoms with Crippen molar-refractivity contribution in [3.63, 3.8) is 0 Å². The Hall–Kier alpha value is -7.03. The first kappa shape index (κ1) is 43.6. The molecule has 0 radical (unpaired) electrons. The molecule has 2 amide bonds. The third kappa shape index (κ3) is 8.29. The molecule has 0 atom stereocenters. The van der Waals surface area contributed by atoms with Crippen molar-refractivity contribution in [2.45, 2.75) is 99.2 Å². The van der Waals surface area contributed by atoms with Crippen LogP contribution >= 0.6 is 0 Å². The number of methoxy groups -OCH3 is 1. The molecular weight excluding hydrogens is 817 g/mol. The fourth-order valence-corrected chi connectivity index (χ4v) is 8.82. The summed E-state index contributed by atoms with van der Waals surface area (Å²) < 4.78 is 21.6. The molecule has 3 aliphatic rings. The van der Waals surface area contributed by atoms with Crippen molar-refractivity contribution in [2.24, 2.45) is 0 Å². The number of allylic oxidation sites excluding steroid dienone is 2. The van der Waals surface area contributed by atoms with Gasteiger partial charge in [0.1, 0.15) is 16.8 Å². The molecule has 15 heteroatoms. The summed E-state index contributed by atoms with van der Waals surface area (Å²) in [4.78, 5) is 83.8. The van der Waals surface area contributed by atoms with Crippen molar-refractivity contribution in [2.75, 3.05) is 20.2 Å². The highest BCUT2D eigenvalue weighted by atomic mass is 16.6. The lowest BCUT2D eigenvalue weighted by Crippen LogP contribution is -2.37. The highest BCUT2D eigenvalue weighted by molar-refractivity contribution is 6.51. The number of fused-ring (bicyclic) bond motifs is 1. The molecule has 0 bridgehead atoms. The number of imidazole rings is 1. The van der Waals surface area contributed by atoms with Gasteiger partial charge in [-0.2, -0.15) is 0 Å². The van der Waals surface area contributed by atoms with E-state index in [-0.39, 0.29) is 30.2 Å². The topological polar surface area (TPSA) is 164 Å². The van der Waals surface area contributed by atoms with Crippen LogP contribution in [0.5, 0.6) is 0 Å². The molecular formula is C49H52N6O9. The molecule has 64 heavy (non-hydrogen) atoms. The van der Waals surface area contributed by atoms with Gasteiger partial charge in [0.15, 0.2) is 11.6 Å². The van der Waals surface area contributed by atoms with E-state index in [1.54, 1.807) is 22.2 Å². The molecule has 0 saturated carbocycles. The molecule has 0 saturated heterocycles. The van der Waals surface area contributed by atoms with Crippen LogP contribution in [0.2, 0.25) is 0 Å². The molecule has 0 N–H and O–H groups in total. The molecule has 2 aliphatic heterocycles. The lowest BCUT2D eigenvalue weighted by atomic mass is 9.96. The van der Waals surface area contributed by atoms with E-state index < -0.39 is 23.0 Å². The maximum Gasteiger partial charge on any atom is 0.410 e. The van der Waals surface area contributed by atoms with Gasteiger partial charge in [0.25, 0.3) is 5.78 Å². The number of pyridine rings is 1.